The van der Waals surface area contributed by atoms with E-state index in [1.54, 1.807) is 0 Å². The molecule has 1 amide bonds. The fraction of sp³-hybridized carbons (Fsp3) is 0.500. The normalized spacial score (nSPS) is 9.67. The van der Waals surface area contributed by atoms with Gasteiger partial charge in [0.05, 0.1) is 5.75 Å². The number of hydrogen-bond acceptors (Lipinski definition) is 4. The zero-order chi connectivity index (χ0) is 7.98. The van der Waals surface area contributed by atoms with Crippen LogP contribution in [-0.4, -0.2) is 24.8 Å². The second kappa shape index (κ2) is 5.43. The first kappa shape index (κ1) is 6.41. The van der Waals surface area contributed by atoms with Crippen LogP contribution in [0.5, 0.6) is 0 Å². The lowest BCUT2D eigenvalue weighted by Gasteiger charge is -1.98. The molecule has 0 saturated heterocycles. The van der Waals surface area contributed by atoms with Crippen LogP contribution in [0.2, 0.25) is 0 Å². The van der Waals surface area contributed by atoms with Crippen LogP contribution in [0.1, 0.15) is 1.37 Å². The number of nitrogens with one attached hydrogen (secondary N) is 1. The van der Waals surface area contributed by atoms with Gasteiger partial charge in [-0.1, -0.05) is 0 Å². The van der Waals surface area contributed by atoms with Crippen LogP contribution in [0.3, 0.4) is 0 Å². The van der Waals surface area contributed by atoms with E-state index in [1.165, 1.54) is 0 Å². The Morgan fingerprint density at radius 1 is 2.00 bits per heavy atom. The number of amides is 1. The molecule has 0 aliphatic rings. The number of rotatable bonds is 3. The highest BCUT2D eigenvalue weighted by Crippen LogP contribution is 1.71. The van der Waals surface area contributed by atoms with Gasteiger partial charge in [-0.25, -0.2) is 0 Å². The summed E-state index contributed by atoms with van der Waals surface area (Å²) in [6.07, 6.45) is -1.17. The highest BCUT2D eigenvalue weighted by atomic mass is 32.1. The lowest BCUT2D eigenvalue weighted by molar-refractivity contribution is -0.131. The minimum absolute atomic E-state index is 0.0373. The minimum atomic E-state index is -1.17. The SMILES string of the molecule is [2H]C(=O)OCNC(=O)CS. The molecular formula is C4H7NO3S. The van der Waals surface area contributed by atoms with E-state index in [0.717, 1.165) is 0 Å². The average molecular weight is 150 g/mol. The molecule has 0 atom stereocenters. The minimum Gasteiger partial charge on any atom is -0.447 e. The molecule has 0 radical (unpaired) electrons. The van der Waals surface area contributed by atoms with Crippen molar-refractivity contribution in [2.24, 2.45) is 0 Å². The lowest BCUT2D eigenvalue weighted by atomic mass is 10.7. The van der Waals surface area contributed by atoms with Crippen molar-refractivity contribution >= 4 is 25.0 Å². The van der Waals surface area contributed by atoms with E-state index in [2.05, 4.69) is 22.7 Å². The van der Waals surface area contributed by atoms with E-state index in [-0.39, 0.29) is 18.4 Å². The lowest BCUT2D eigenvalue weighted by Crippen LogP contribution is -2.26. The van der Waals surface area contributed by atoms with Gasteiger partial charge in [-0.3, -0.25) is 9.59 Å². The van der Waals surface area contributed by atoms with Crippen LogP contribution in [0.4, 0.5) is 0 Å². The van der Waals surface area contributed by atoms with Gasteiger partial charge in [0, 0.05) is 0 Å². The van der Waals surface area contributed by atoms with Crippen molar-refractivity contribution in [2.45, 2.75) is 0 Å². The Labute approximate surface area is 59.4 Å². The van der Waals surface area contributed by atoms with Crippen LogP contribution in [0, 0.1) is 0 Å². The van der Waals surface area contributed by atoms with Crippen LogP contribution >= 0.6 is 12.6 Å². The monoisotopic (exact) mass is 150 g/mol. The number of ether oxygens (including phenoxy) is 1. The molecule has 0 aliphatic carbocycles. The molecule has 0 aromatic rings. The van der Waals surface area contributed by atoms with Crippen molar-refractivity contribution < 1.29 is 15.7 Å². The van der Waals surface area contributed by atoms with Gasteiger partial charge in [-0.15, -0.1) is 0 Å². The second-order valence-electron chi connectivity index (χ2n) is 1.13. The van der Waals surface area contributed by atoms with Crippen molar-refractivity contribution in [2.75, 3.05) is 12.5 Å². The molecule has 0 rings (SSSR count). The molecule has 0 spiro atoms. The van der Waals surface area contributed by atoms with Crippen molar-refractivity contribution in [3.05, 3.63) is 0 Å². The molecule has 0 aromatic carbocycles. The molecule has 1 N–H and O–H groups in total. The predicted octanol–water partition coefficient (Wildman–Crippen LogP) is -0.837. The molecule has 52 valence electrons. The summed E-state index contributed by atoms with van der Waals surface area (Å²) in [5.74, 6) is -0.306. The predicted molar refractivity (Wildman–Crippen MR) is 34.0 cm³/mol. The topological polar surface area (TPSA) is 55.4 Å². The van der Waals surface area contributed by atoms with Crippen molar-refractivity contribution in [1.82, 2.24) is 5.32 Å². The summed E-state index contributed by atoms with van der Waals surface area (Å²) in [5, 5.41) is 2.19. The zero-order valence-corrected chi connectivity index (χ0v) is 5.48. The molecule has 0 heterocycles. The van der Waals surface area contributed by atoms with E-state index in [9.17, 15) is 9.59 Å². The molecule has 5 heteroatoms. The first-order valence-electron chi connectivity index (χ1n) is 2.67. The summed E-state index contributed by atoms with van der Waals surface area (Å²) < 4.78 is 10.3. The maximum Gasteiger partial charge on any atom is 0.294 e. The maximum atomic E-state index is 10.4. The van der Waals surface area contributed by atoms with Crippen molar-refractivity contribution in [3.8, 4) is 0 Å². The molecule has 0 aromatic heterocycles. The molecule has 0 aliphatic heterocycles. The van der Waals surface area contributed by atoms with E-state index >= 15 is 0 Å². The number of hydrogen-bond donors (Lipinski definition) is 2. The molecule has 0 fully saturated rings. The highest BCUT2D eigenvalue weighted by molar-refractivity contribution is 7.81. The summed E-state index contributed by atoms with van der Waals surface area (Å²) in [7, 11) is 0. The second-order valence-corrected chi connectivity index (χ2v) is 1.45. The third-order valence-electron chi connectivity index (χ3n) is 0.544. The molecule has 9 heavy (non-hydrogen) atoms. The van der Waals surface area contributed by atoms with Crippen LogP contribution in [0.25, 0.3) is 0 Å². The van der Waals surface area contributed by atoms with Crippen LogP contribution in [-0.2, 0) is 14.3 Å². The van der Waals surface area contributed by atoms with Crippen LogP contribution in [0.15, 0.2) is 0 Å². The number of thiol groups is 1. The Hall–Kier alpha value is -0.710. The molecule has 0 saturated carbocycles. The molecule has 4 nitrogen and oxygen atoms in total. The standard InChI is InChI=1S/C4H7NO3S/c6-3-8-2-5-4(7)1-9/h3,9H,1-2H2,(H,5,7)/i3D. The summed E-state index contributed by atoms with van der Waals surface area (Å²) in [5.41, 5.74) is 0. The van der Waals surface area contributed by atoms with Gasteiger partial charge in [0.1, 0.15) is 0 Å². The van der Waals surface area contributed by atoms with Gasteiger partial charge in [-0.2, -0.15) is 12.6 Å². The third-order valence-corrected chi connectivity index (χ3v) is 0.831. The Balaban J connectivity index is 3.20. The largest absolute Gasteiger partial charge is 0.447 e. The van der Waals surface area contributed by atoms with Gasteiger partial charge < -0.3 is 10.1 Å². The summed E-state index contributed by atoms with van der Waals surface area (Å²) >= 11 is 3.64. The average Bonchev–Trinajstić information content (AvgIpc) is 1.87. The Morgan fingerprint density at radius 3 is 3.11 bits per heavy atom. The van der Waals surface area contributed by atoms with E-state index in [0.29, 0.717) is 0 Å². The Bertz CT molecular complexity index is 140. The molecule has 0 unspecified atom stereocenters. The van der Waals surface area contributed by atoms with E-state index in [1.807, 2.05) is 0 Å². The zero-order valence-electron chi connectivity index (χ0n) is 5.59. The molecular weight excluding hydrogens is 142 g/mol. The van der Waals surface area contributed by atoms with Crippen molar-refractivity contribution in [1.29, 1.82) is 0 Å². The van der Waals surface area contributed by atoms with E-state index < -0.39 is 6.45 Å². The Morgan fingerprint density at radius 2 is 2.67 bits per heavy atom. The first-order chi connectivity index (χ1) is 4.66. The van der Waals surface area contributed by atoms with E-state index in [4.69, 9.17) is 1.37 Å². The smallest absolute Gasteiger partial charge is 0.294 e. The van der Waals surface area contributed by atoms with Gasteiger partial charge in [-0.05, 0) is 0 Å². The fourth-order valence-corrected chi connectivity index (χ4v) is 0.314. The Kier molecular flexibility index (Phi) is 3.87. The molecule has 0 bridgehead atoms. The van der Waals surface area contributed by atoms with Gasteiger partial charge in [0.15, 0.2) is 8.10 Å². The number of carbonyl (C=O) groups is 2. The van der Waals surface area contributed by atoms with Crippen molar-refractivity contribution in [3.63, 3.8) is 0 Å². The van der Waals surface area contributed by atoms with Gasteiger partial charge in [0.2, 0.25) is 5.91 Å². The first-order valence-corrected chi connectivity index (χ1v) is 2.81. The summed E-state index contributed by atoms with van der Waals surface area (Å²) in [6.45, 7) is -0.262. The number of carbonyl (C=O) groups excluding carboxylic acids is 2. The maximum absolute atomic E-state index is 10.4. The van der Waals surface area contributed by atoms with Gasteiger partial charge in [0.25, 0.3) is 6.45 Å². The third kappa shape index (κ3) is 5.16. The highest BCUT2D eigenvalue weighted by Gasteiger charge is 1.92. The van der Waals surface area contributed by atoms with Crippen LogP contribution < -0.4 is 5.32 Å². The summed E-state index contributed by atoms with van der Waals surface area (Å²) in [6, 6.07) is 0. The van der Waals surface area contributed by atoms with Gasteiger partial charge >= 0.3 is 0 Å². The fourth-order valence-electron chi connectivity index (χ4n) is 0.202. The quantitative estimate of drug-likeness (QED) is 0.313. The summed E-state index contributed by atoms with van der Waals surface area (Å²) in [4.78, 5) is 20.1.